The molecule has 0 amide bonds. The molecule has 0 atom stereocenters. The molecule has 0 heterocycles. The number of benzene rings is 1. The van der Waals surface area contributed by atoms with Crippen molar-refractivity contribution in [1.29, 1.82) is 0 Å². The van der Waals surface area contributed by atoms with E-state index in [4.69, 9.17) is 4.74 Å². The monoisotopic (exact) mass is 264 g/mol. The Labute approximate surface area is 115 Å². The van der Waals surface area contributed by atoms with Gasteiger partial charge in [-0.3, -0.25) is 4.79 Å². The fraction of sp³-hybridized carbons (Fsp3) is 0.300. The first-order chi connectivity index (χ1) is 6.25. The van der Waals surface area contributed by atoms with Crippen LogP contribution in [0.4, 0.5) is 0 Å². The SMILES string of the molecule is O=C(Oc1cccc(Br)c1)C1CC1.[H-].[Na+]. The van der Waals surface area contributed by atoms with Crippen LogP contribution in [0.25, 0.3) is 0 Å². The summed E-state index contributed by atoms with van der Waals surface area (Å²) in [6.45, 7) is 0. The molecular weight excluding hydrogens is 255 g/mol. The van der Waals surface area contributed by atoms with Crippen LogP contribution in [0, 0.1) is 5.92 Å². The molecule has 0 aromatic heterocycles. The Bertz CT molecular complexity index is 342. The van der Waals surface area contributed by atoms with Gasteiger partial charge in [0.1, 0.15) is 5.75 Å². The molecule has 70 valence electrons. The van der Waals surface area contributed by atoms with E-state index >= 15 is 0 Å². The van der Waals surface area contributed by atoms with Gasteiger partial charge in [-0.2, -0.15) is 0 Å². The number of carbonyl (C=O) groups is 1. The van der Waals surface area contributed by atoms with Gasteiger partial charge in [0.2, 0.25) is 0 Å². The minimum Gasteiger partial charge on any atom is -1.00 e. The van der Waals surface area contributed by atoms with E-state index in [-0.39, 0.29) is 42.9 Å². The Balaban J connectivity index is 0.000000980. The van der Waals surface area contributed by atoms with Gasteiger partial charge in [-0.05, 0) is 31.0 Å². The van der Waals surface area contributed by atoms with Gasteiger partial charge >= 0.3 is 35.5 Å². The maximum atomic E-state index is 11.2. The molecule has 1 aliphatic carbocycles. The Morgan fingerprint density at radius 3 is 2.79 bits per heavy atom. The Morgan fingerprint density at radius 1 is 1.50 bits per heavy atom. The third kappa shape index (κ3) is 3.39. The quantitative estimate of drug-likeness (QED) is 0.423. The number of ether oxygens (including phenoxy) is 1. The summed E-state index contributed by atoms with van der Waals surface area (Å²) in [6, 6.07) is 7.32. The van der Waals surface area contributed by atoms with Crippen molar-refractivity contribution < 1.29 is 40.5 Å². The molecule has 1 saturated carbocycles. The molecule has 0 radical (unpaired) electrons. The summed E-state index contributed by atoms with van der Waals surface area (Å²) in [5.74, 6) is 0.670. The molecule has 4 heteroatoms. The second-order valence-electron chi connectivity index (χ2n) is 3.15. The standard InChI is InChI=1S/C10H9BrO2.Na.H/c11-8-2-1-3-9(6-8)13-10(12)7-4-5-7;;/h1-3,6-7H,4-5H2;;/q;+1;-1. The van der Waals surface area contributed by atoms with E-state index in [0.29, 0.717) is 5.75 Å². The van der Waals surface area contributed by atoms with Crippen molar-refractivity contribution in [2.24, 2.45) is 5.92 Å². The molecule has 2 rings (SSSR count). The van der Waals surface area contributed by atoms with Crippen molar-refractivity contribution in [3.05, 3.63) is 28.7 Å². The molecule has 0 N–H and O–H groups in total. The molecule has 1 aromatic rings. The fourth-order valence-electron chi connectivity index (χ4n) is 1.05. The molecule has 1 aromatic carbocycles. The topological polar surface area (TPSA) is 26.3 Å². The predicted octanol–water partition coefficient (Wildman–Crippen LogP) is -0.119. The molecule has 0 unspecified atom stereocenters. The molecule has 14 heavy (non-hydrogen) atoms. The average Bonchev–Trinajstić information content (AvgIpc) is 2.85. The van der Waals surface area contributed by atoms with Crippen LogP contribution in [0.2, 0.25) is 0 Å². The van der Waals surface area contributed by atoms with Crippen molar-refractivity contribution in [1.82, 2.24) is 0 Å². The summed E-state index contributed by atoms with van der Waals surface area (Å²) in [6.07, 6.45) is 1.96. The van der Waals surface area contributed by atoms with Crippen LogP contribution in [0.5, 0.6) is 5.75 Å². The summed E-state index contributed by atoms with van der Waals surface area (Å²) in [7, 11) is 0. The number of halogens is 1. The number of esters is 1. The third-order valence-electron chi connectivity index (χ3n) is 1.93. The van der Waals surface area contributed by atoms with E-state index in [9.17, 15) is 4.79 Å². The molecule has 2 nitrogen and oxygen atoms in total. The minimum absolute atomic E-state index is 0. The van der Waals surface area contributed by atoms with Crippen molar-refractivity contribution in [2.45, 2.75) is 12.8 Å². The Hall–Kier alpha value is 0.170. The van der Waals surface area contributed by atoms with Gasteiger partial charge in [0.15, 0.2) is 0 Å². The maximum absolute atomic E-state index is 11.2. The van der Waals surface area contributed by atoms with Gasteiger partial charge in [-0.1, -0.05) is 22.0 Å². The van der Waals surface area contributed by atoms with Crippen LogP contribution >= 0.6 is 15.9 Å². The van der Waals surface area contributed by atoms with Crippen LogP contribution in [-0.4, -0.2) is 5.97 Å². The summed E-state index contributed by atoms with van der Waals surface area (Å²) in [4.78, 5) is 11.2. The number of carbonyl (C=O) groups excluding carboxylic acids is 1. The van der Waals surface area contributed by atoms with E-state index in [1.54, 1.807) is 12.1 Å². The summed E-state index contributed by atoms with van der Waals surface area (Å²) in [5, 5.41) is 0. The van der Waals surface area contributed by atoms with Crippen molar-refractivity contribution >= 4 is 21.9 Å². The van der Waals surface area contributed by atoms with Crippen LogP contribution in [0.3, 0.4) is 0 Å². The van der Waals surface area contributed by atoms with Gasteiger partial charge < -0.3 is 6.16 Å². The summed E-state index contributed by atoms with van der Waals surface area (Å²) >= 11 is 3.31. The van der Waals surface area contributed by atoms with E-state index in [0.717, 1.165) is 17.3 Å². The van der Waals surface area contributed by atoms with Crippen LogP contribution in [0.15, 0.2) is 28.7 Å². The van der Waals surface area contributed by atoms with Crippen LogP contribution in [-0.2, 0) is 4.79 Å². The first-order valence-corrected chi connectivity index (χ1v) is 5.02. The Kier molecular flexibility index (Phi) is 4.64. The van der Waals surface area contributed by atoms with Gasteiger partial charge in [0.25, 0.3) is 0 Å². The summed E-state index contributed by atoms with van der Waals surface area (Å²) in [5.41, 5.74) is 0. The number of rotatable bonds is 2. The molecular formula is C10H10BrNaO2. The number of hydrogen-bond donors (Lipinski definition) is 0. The zero-order chi connectivity index (χ0) is 9.26. The zero-order valence-electron chi connectivity index (χ0n) is 9.00. The first-order valence-electron chi connectivity index (χ1n) is 4.23. The van der Waals surface area contributed by atoms with Crippen molar-refractivity contribution in [3.8, 4) is 5.75 Å². The van der Waals surface area contributed by atoms with Gasteiger partial charge in [-0.25, -0.2) is 0 Å². The Morgan fingerprint density at radius 2 is 2.21 bits per heavy atom. The van der Waals surface area contributed by atoms with Crippen LogP contribution in [0.1, 0.15) is 14.3 Å². The fourth-order valence-corrected chi connectivity index (χ4v) is 1.43. The van der Waals surface area contributed by atoms with Gasteiger partial charge in [-0.15, -0.1) is 0 Å². The second kappa shape index (κ2) is 5.31. The maximum Gasteiger partial charge on any atom is 1.00 e. The van der Waals surface area contributed by atoms with E-state index in [2.05, 4.69) is 15.9 Å². The third-order valence-corrected chi connectivity index (χ3v) is 2.42. The molecule has 0 saturated heterocycles. The smallest absolute Gasteiger partial charge is 1.00 e. The number of hydrogen-bond acceptors (Lipinski definition) is 2. The molecule has 0 spiro atoms. The van der Waals surface area contributed by atoms with E-state index in [1.807, 2.05) is 12.1 Å². The van der Waals surface area contributed by atoms with E-state index < -0.39 is 0 Å². The minimum atomic E-state index is -0.0990. The molecule has 1 fully saturated rings. The van der Waals surface area contributed by atoms with E-state index in [1.165, 1.54) is 0 Å². The first kappa shape index (κ1) is 12.2. The zero-order valence-corrected chi connectivity index (χ0v) is 11.6. The van der Waals surface area contributed by atoms with Gasteiger partial charge in [0, 0.05) is 4.47 Å². The normalized spacial score (nSPS) is 14.4. The second-order valence-corrected chi connectivity index (χ2v) is 4.07. The summed E-state index contributed by atoms with van der Waals surface area (Å²) < 4.78 is 6.07. The largest absolute Gasteiger partial charge is 1.00 e. The molecule has 0 bridgehead atoms. The van der Waals surface area contributed by atoms with Gasteiger partial charge in [0.05, 0.1) is 5.92 Å². The van der Waals surface area contributed by atoms with Crippen molar-refractivity contribution in [2.75, 3.05) is 0 Å². The van der Waals surface area contributed by atoms with Crippen molar-refractivity contribution in [3.63, 3.8) is 0 Å². The molecule has 0 aliphatic heterocycles. The van der Waals surface area contributed by atoms with Crippen LogP contribution < -0.4 is 34.3 Å². The molecule has 1 aliphatic rings. The average molecular weight is 265 g/mol. The predicted molar refractivity (Wildman–Crippen MR) is 53.6 cm³/mol.